The van der Waals surface area contributed by atoms with Crippen LogP contribution in [0.25, 0.3) is 0 Å². The van der Waals surface area contributed by atoms with Crippen molar-refractivity contribution in [3.05, 3.63) is 24.0 Å². The minimum Gasteiger partial charge on any atom is -0.340 e. The number of carbonyl (C=O) groups excluding carboxylic acids is 1. The maximum atomic E-state index is 12.7. The van der Waals surface area contributed by atoms with Crippen LogP contribution in [0.1, 0.15) is 55.1 Å². The monoisotopic (exact) mass is 275 g/mol. The molecule has 4 nitrogen and oxygen atoms in total. The van der Waals surface area contributed by atoms with E-state index >= 15 is 0 Å². The Morgan fingerprint density at radius 3 is 2.60 bits per heavy atom. The van der Waals surface area contributed by atoms with Gasteiger partial charge in [-0.15, -0.1) is 0 Å². The van der Waals surface area contributed by atoms with Crippen LogP contribution in [0.2, 0.25) is 0 Å². The van der Waals surface area contributed by atoms with Crippen LogP contribution in [-0.2, 0) is 0 Å². The molecule has 1 amide bonds. The average Bonchev–Trinajstić information content (AvgIpc) is 2.86. The van der Waals surface area contributed by atoms with Crippen molar-refractivity contribution in [3.63, 3.8) is 0 Å². The number of amides is 1. The van der Waals surface area contributed by atoms with E-state index in [0.29, 0.717) is 12.0 Å². The van der Waals surface area contributed by atoms with Crippen molar-refractivity contribution in [2.45, 2.75) is 44.6 Å². The normalized spacial score (nSPS) is 20.9. The highest BCUT2D eigenvalue weighted by Crippen LogP contribution is 2.33. The quantitative estimate of drug-likeness (QED) is 0.917. The Morgan fingerprint density at radius 2 is 2.00 bits per heavy atom. The molecule has 0 atom stereocenters. The minimum absolute atomic E-state index is 0.216. The van der Waals surface area contributed by atoms with E-state index < -0.39 is 0 Å². The van der Waals surface area contributed by atoms with Gasteiger partial charge in [0.05, 0.1) is 0 Å². The van der Waals surface area contributed by atoms with Crippen molar-refractivity contribution in [2.75, 3.05) is 19.6 Å². The van der Waals surface area contributed by atoms with Crippen LogP contribution in [0, 0.1) is 5.92 Å². The number of rotatable bonds is 4. The standard InChI is InChI=1S/C16H25N3O/c17-9-6-13-7-11-18(12-8-13)16(20)15-5-2-10-19(15)14-3-1-4-14/h2,5,10,13-14H,1,3-4,6-9,11-12,17H2. The summed E-state index contributed by atoms with van der Waals surface area (Å²) in [5, 5.41) is 0. The third-order valence-corrected chi connectivity index (χ3v) is 4.94. The number of hydrogen-bond acceptors (Lipinski definition) is 2. The van der Waals surface area contributed by atoms with Gasteiger partial charge >= 0.3 is 0 Å². The predicted molar refractivity (Wildman–Crippen MR) is 79.6 cm³/mol. The predicted octanol–water partition coefficient (Wildman–Crippen LogP) is 2.41. The highest BCUT2D eigenvalue weighted by molar-refractivity contribution is 5.92. The Kier molecular flexibility index (Phi) is 4.10. The number of carbonyl (C=O) groups is 1. The molecular weight excluding hydrogens is 250 g/mol. The fourth-order valence-electron chi connectivity index (χ4n) is 3.38. The molecule has 1 aromatic rings. The van der Waals surface area contributed by atoms with Gasteiger partial charge in [-0.1, -0.05) is 0 Å². The molecule has 3 rings (SSSR count). The third-order valence-electron chi connectivity index (χ3n) is 4.94. The molecular formula is C16H25N3O. The molecule has 110 valence electrons. The lowest BCUT2D eigenvalue weighted by atomic mass is 9.92. The molecule has 2 heterocycles. The van der Waals surface area contributed by atoms with Crippen LogP contribution in [0.3, 0.4) is 0 Å². The molecule has 1 aliphatic heterocycles. The van der Waals surface area contributed by atoms with E-state index in [9.17, 15) is 4.79 Å². The van der Waals surface area contributed by atoms with Crippen LogP contribution in [0.15, 0.2) is 18.3 Å². The lowest BCUT2D eigenvalue weighted by molar-refractivity contribution is 0.0671. The van der Waals surface area contributed by atoms with Crippen molar-refractivity contribution in [1.82, 2.24) is 9.47 Å². The molecule has 2 aliphatic rings. The second-order valence-corrected chi connectivity index (χ2v) is 6.20. The molecule has 0 aromatic carbocycles. The van der Waals surface area contributed by atoms with Gasteiger partial charge in [0.2, 0.25) is 0 Å². The van der Waals surface area contributed by atoms with Crippen molar-refractivity contribution < 1.29 is 4.79 Å². The number of piperidine rings is 1. The van der Waals surface area contributed by atoms with E-state index in [-0.39, 0.29) is 5.91 Å². The minimum atomic E-state index is 0.216. The molecule has 0 radical (unpaired) electrons. The summed E-state index contributed by atoms with van der Waals surface area (Å²) < 4.78 is 2.19. The third kappa shape index (κ3) is 2.62. The number of aromatic nitrogens is 1. The molecule has 1 aliphatic carbocycles. The summed E-state index contributed by atoms with van der Waals surface area (Å²) in [5.74, 6) is 0.926. The van der Waals surface area contributed by atoms with Gasteiger partial charge in [-0.2, -0.15) is 0 Å². The van der Waals surface area contributed by atoms with Crippen LogP contribution >= 0.6 is 0 Å². The highest BCUT2D eigenvalue weighted by atomic mass is 16.2. The van der Waals surface area contributed by atoms with E-state index in [1.54, 1.807) is 0 Å². The summed E-state index contributed by atoms with van der Waals surface area (Å²) in [7, 11) is 0. The Balaban J connectivity index is 1.63. The summed E-state index contributed by atoms with van der Waals surface area (Å²) in [4.78, 5) is 14.7. The summed E-state index contributed by atoms with van der Waals surface area (Å²) in [5.41, 5.74) is 6.50. The Morgan fingerprint density at radius 1 is 1.25 bits per heavy atom. The van der Waals surface area contributed by atoms with Crippen molar-refractivity contribution in [3.8, 4) is 0 Å². The molecule has 4 heteroatoms. The van der Waals surface area contributed by atoms with Crippen LogP contribution in [0.5, 0.6) is 0 Å². The first-order valence-electron chi connectivity index (χ1n) is 7.96. The van der Waals surface area contributed by atoms with Gasteiger partial charge in [-0.25, -0.2) is 0 Å². The highest BCUT2D eigenvalue weighted by Gasteiger charge is 2.28. The van der Waals surface area contributed by atoms with Gasteiger partial charge in [0, 0.05) is 25.3 Å². The summed E-state index contributed by atoms with van der Waals surface area (Å²) >= 11 is 0. The van der Waals surface area contributed by atoms with E-state index in [4.69, 9.17) is 5.73 Å². The zero-order chi connectivity index (χ0) is 13.9. The molecule has 1 saturated heterocycles. The van der Waals surface area contributed by atoms with E-state index in [1.807, 2.05) is 17.0 Å². The Labute approximate surface area is 120 Å². The maximum Gasteiger partial charge on any atom is 0.270 e. The van der Waals surface area contributed by atoms with E-state index in [2.05, 4.69) is 10.8 Å². The largest absolute Gasteiger partial charge is 0.340 e. The summed E-state index contributed by atoms with van der Waals surface area (Å²) in [6, 6.07) is 4.54. The van der Waals surface area contributed by atoms with Gasteiger partial charge in [0.15, 0.2) is 0 Å². The first kappa shape index (κ1) is 13.7. The zero-order valence-electron chi connectivity index (χ0n) is 12.1. The van der Waals surface area contributed by atoms with Crippen molar-refractivity contribution in [2.24, 2.45) is 11.7 Å². The second-order valence-electron chi connectivity index (χ2n) is 6.20. The summed E-state index contributed by atoms with van der Waals surface area (Å²) in [6.45, 7) is 2.54. The average molecular weight is 275 g/mol. The zero-order valence-corrected chi connectivity index (χ0v) is 12.1. The van der Waals surface area contributed by atoms with E-state index in [1.165, 1.54) is 19.3 Å². The lowest BCUT2D eigenvalue weighted by Crippen LogP contribution is -2.40. The molecule has 0 spiro atoms. The van der Waals surface area contributed by atoms with Gasteiger partial charge in [0.1, 0.15) is 5.69 Å². The van der Waals surface area contributed by atoms with Crippen LogP contribution in [-0.4, -0.2) is 35.0 Å². The van der Waals surface area contributed by atoms with Crippen molar-refractivity contribution in [1.29, 1.82) is 0 Å². The topological polar surface area (TPSA) is 51.3 Å². The lowest BCUT2D eigenvalue weighted by Gasteiger charge is -2.34. The number of nitrogens with two attached hydrogens (primary N) is 1. The first-order chi connectivity index (χ1) is 9.79. The van der Waals surface area contributed by atoms with E-state index in [0.717, 1.165) is 44.6 Å². The van der Waals surface area contributed by atoms with Crippen LogP contribution in [0.4, 0.5) is 0 Å². The van der Waals surface area contributed by atoms with Gasteiger partial charge in [0.25, 0.3) is 5.91 Å². The number of nitrogens with zero attached hydrogens (tertiary/aromatic N) is 2. The first-order valence-corrected chi connectivity index (χ1v) is 7.96. The Hall–Kier alpha value is -1.29. The van der Waals surface area contributed by atoms with Crippen molar-refractivity contribution >= 4 is 5.91 Å². The molecule has 1 aromatic heterocycles. The maximum absolute atomic E-state index is 12.7. The smallest absolute Gasteiger partial charge is 0.270 e. The van der Waals surface area contributed by atoms with Gasteiger partial charge < -0.3 is 15.2 Å². The SMILES string of the molecule is NCCC1CCN(C(=O)c2cccn2C2CCC2)CC1. The fourth-order valence-corrected chi connectivity index (χ4v) is 3.38. The molecule has 2 fully saturated rings. The van der Waals surface area contributed by atoms with Gasteiger partial charge in [-0.05, 0) is 63.1 Å². The number of likely N-dealkylation sites (tertiary alicyclic amines) is 1. The molecule has 0 bridgehead atoms. The molecule has 2 N–H and O–H groups in total. The number of hydrogen-bond donors (Lipinski definition) is 1. The summed E-state index contributed by atoms with van der Waals surface area (Å²) in [6.07, 6.45) is 9.10. The Bertz CT molecular complexity index is 456. The molecule has 1 saturated carbocycles. The van der Waals surface area contributed by atoms with Crippen LogP contribution < -0.4 is 5.73 Å². The fraction of sp³-hybridized carbons (Fsp3) is 0.688. The molecule has 20 heavy (non-hydrogen) atoms. The molecule has 0 unspecified atom stereocenters. The van der Waals surface area contributed by atoms with Gasteiger partial charge in [-0.3, -0.25) is 4.79 Å². The second kappa shape index (κ2) is 6.00.